The number of nitrogens with zero attached hydrogens (tertiary/aromatic N) is 1. The largest absolute Gasteiger partial charge is 2.00 e. The number of rotatable bonds is 2. The summed E-state index contributed by atoms with van der Waals surface area (Å²) in [5, 5.41) is 1.56. The molecule has 134 valence electrons. The number of fused-ring (bicyclic) bond motifs is 2. The third-order valence-electron chi connectivity index (χ3n) is 5.10. The number of hydrogen-bond donors (Lipinski definition) is 0. The molecule has 0 N–H and O–H groups in total. The van der Waals surface area contributed by atoms with Gasteiger partial charge in [-0.1, -0.05) is 69.5 Å². The van der Waals surface area contributed by atoms with Crippen molar-refractivity contribution in [1.29, 1.82) is 0 Å². The van der Waals surface area contributed by atoms with E-state index in [0.717, 1.165) is 5.69 Å². The van der Waals surface area contributed by atoms with Gasteiger partial charge in [0, 0.05) is 17.5 Å². The Kier molecular flexibility index (Phi) is 7.63. The van der Waals surface area contributed by atoms with E-state index in [-0.39, 0.29) is 58.9 Å². The SMILES string of the molecule is CC1C=C2C=CC=C2P1C1C(c2ccccn2)=Cc2ccccc21.[Cl-].[Cl-].[Zr+2]. The van der Waals surface area contributed by atoms with Crippen LogP contribution in [0.15, 0.2) is 83.9 Å². The predicted octanol–water partition coefficient (Wildman–Crippen LogP) is -0.0535. The van der Waals surface area contributed by atoms with Crippen molar-refractivity contribution in [2.45, 2.75) is 18.2 Å². The molecule has 5 rings (SSSR count). The van der Waals surface area contributed by atoms with E-state index >= 15 is 0 Å². The number of hydrogen-bond acceptors (Lipinski definition) is 1. The van der Waals surface area contributed by atoms with Crippen LogP contribution in [0.2, 0.25) is 0 Å². The van der Waals surface area contributed by atoms with Crippen LogP contribution in [-0.4, -0.2) is 10.6 Å². The molecule has 1 aromatic carbocycles. The van der Waals surface area contributed by atoms with Gasteiger partial charge < -0.3 is 24.8 Å². The van der Waals surface area contributed by atoms with Crippen molar-refractivity contribution >= 4 is 19.6 Å². The van der Waals surface area contributed by atoms with E-state index in [1.54, 1.807) is 5.31 Å². The zero-order valence-electron chi connectivity index (χ0n) is 14.8. The Balaban J connectivity index is 0.000000871. The Morgan fingerprint density at radius 3 is 2.56 bits per heavy atom. The average molecular weight is 489 g/mol. The summed E-state index contributed by atoms with van der Waals surface area (Å²) in [5.41, 5.74) is 7.83. The summed E-state index contributed by atoms with van der Waals surface area (Å²) in [5.74, 6) is 0. The molecule has 5 heteroatoms. The van der Waals surface area contributed by atoms with Crippen LogP contribution < -0.4 is 24.8 Å². The Labute approximate surface area is 193 Å². The zero-order valence-corrected chi connectivity index (χ0v) is 19.7. The topological polar surface area (TPSA) is 12.9 Å². The number of aromatic nitrogens is 1. The molecular formula is C22H18Cl2NPZr. The van der Waals surface area contributed by atoms with Gasteiger partial charge in [0.05, 0.1) is 5.69 Å². The molecule has 1 nitrogen and oxygen atoms in total. The van der Waals surface area contributed by atoms with Crippen molar-refractivity contribution in [2.24, 2.45) is 0 Å². The molecule has 2 aliphatic carbocycles. The fourth-order valence-corrected chi connectivity index (χ4v) is 7.34. The normalized spacial score (nSPS) is 23.7. The predicted molar refractivity (Wildman–Crippen MR) is 103 cm³/mol. The summed E-state index contributed by atoms with van der Waals surface area (Å²) in [7, 11) is -0.300. The van der Waals surface area contributed by atoms with Gasteiger partial charge in [0.15, 0.2) is 0 Å². The van der Waals surface area contributed by atoms with Crippen LogP contribution in [0, 0.1) is 0 Å². The molecule has 3 unspecified atom stereocenters. The average Bonchev–Trinajstić information content (AvgIpc) is 3.28. The van der Waals surface area contributed by atoms with Gasteiger partial charge in [0.2, 0.25) is 0 Å². The van der Waals surface area contributed by atoms with E-state index in [0.29, 0.717) is 11.3 Å². The number of allylic oxidation sites excluding steroid dienone is 7. The molecule has 1 aliphatic heterocycles. The number of halogens is 2. The molecule has 3 aliphatic rings. The Morgan fingerprint density at radius 2 is 1.78 bits per heavy atom. The fraction of sp³-hybridized carbons (Fsp3) is 0.136. The summed E-state index contributed by atoms with van der Waals surface area (Å²) in [6.07, 6.45) is 13.5. The van der Waals surface area contributed by atoms with Crippen molar-refractivity contribution in [3.8, 4) is 0 Å². The van der Waals surface area contributed by atoms with E-state index in [9.17, 15) is 0 Å². The molecule has 0 radical (unpaired) electrons. The van der Waals surface area contributed by atoms with Crippen molar-refractivity contribution in [3.05, 3.63) is 101 Å². The van der Waals surface area contributed by atoms with E-state index in [1.165, 1.54) is 22.3 Å². The summed E-state index contributed by atoms with van der Waals surface area (Å²) < 4.78 is 0. The molecule has 0 amide bonds. The smallest absolute Gasteiger partial charge is 1.00 e. The molecule has 3 atom stereocenters. The van der Waals surface area contributed by atoms with Crippen molar-refractivity contribution < 1.29 is 51.0 Å². The first-order chi connectivity index (χ1) is 11.8. The molecule has 1 aromatic heterocycles. The van der Waals surface area contributed by atoms with E-state index < -0.39 is 0 Å². The maximum atomic E-state index is 4.67. The van der Waals surface area contributed by atoms with Gasteiger partial charge in [-0.15, -0.1) is 0 Å². The fourth-order valence-electron chi connectivity index (χ4n) is 4.09. The summed E-state index contributed by atoms with van der Waals surface area (Å²) >= 11 is 0. The number of pyridine rings is 1. The molecule has 27 heavy (non-hydrogen) atoms. The van der Waals surface area contributed by atoms with Crippen LogP contribution in [0.3, 0.4) is 0 Å². The minimum atomic E-state index is -0.300. The van der Waals surface area contributed by atoms with Crippen LogP contribution in [-0.2, 0) is 26.2 Å². The molecule has 0 saturated heterocycles. The Hall–Kier alpha value is -0.777. The second-order valence-electron chi connectivity index (χ2n) is 6.53. The summed E-state index contributed by atoms with van der Waals surface area (Å²) in [6, 6.07) is 15.1. The van der Waals surface area contributed by atoms with Gasteiger partial charge in [-0.25, -0.2) is 0 Å². The van der Waals surface area contributed by atoms with Gasteiger partial charge in [-0.3, -0.25) is 4.98 Å². The maximum Gasteiger partial charge on any atom is 2.00 e. The minimum Gasteiger partial charge on any atom is -1.00 e. The molecule has 0 spiro atoms. The van der Waals surface area contributed by atoms with Crippen LogP contribution in [0.25, 0.3) is 11.6 Å². The second-order valence-corrected chi connectivity index (χ2v) is 9.15. The monoisotopic (exact) mass is 487 g/mol. The van der Waals surface area contributed by atoms with Gasteiger partial charge in [-0.05, 0) is 45.8 Å². The van der Waals surface area contributed by atoms with Crippen molar-refractivity contribution in [2.75, 3.05) is 0 Å². The molecule has 2 heterocycles. The van der Waals surface area contributed by atoms with Gasteiger partial charge in [0.25, 0.3) is 0 Å². The number of benzene rings is 1. The quantitative estimate of drug-likeness (QED) is 0.540. The first-order valence-electron chi connectivity index (χ1n) is 8.44. The summed E-state index contributed by atoms with van der Waals surface area (Å²) in [4.78, 5) is 4.67. The molecule has 0 bridgehead atoms. The molecule has 0 fully saturated rings. The van der Waals surface area contributed by atoms with E-state index in [2.05, 4.69) is 78.7 Å². The van der Waals surface area contributed by atoms with Crippen molar-refractivity contribution in [1.82, 2.24) is 4.98 Å². The van der Waals surface area contributed by atoms with Crippen LogP contribution in [0.4, 0.5) is 0 Å². The van der Waals surface area contributed by atoms with E-state index in [1.807, 2.05) is 12.3 Å². The first kappa shape index (κ1) is 22.5. The first-order valence-corrected chi connectivity index (χ1v) is 9.92. The second kappa shape index (κ2) is 9.15. The zero-order chi connectivity index (χ0) is 16.1. The minimum absolute atomic E-state index is 0. The standard InChI is InChI=1S/C22H18NP.2ClH.Zr/c1-15-13-17-8-6-11-21(17)24(15)22-18-9-3-2-7-16(18)14-19(22)20-10-4-5-12-23-20;;;/h2-15,22H,1H3;2*1H;/q;;;+2/p-2. The maximum absolute atomic E-state index is 4.67. The van der Waals surface area contributed by atoms with Crippen LogP contribution in [0.5, 0.6) is 0 Å². The molecule has 0 saturated carbocycles. The van der Waals surface area contributed by atoms with Gasteiger partial charge in [-0.2, -0.15) is 0 Å². The summed E-state index contributed by atoms with van der Waals surface area (Å²) in [6.45, 7) is 2.38. The molecule has 2 aromatic rings. The van der Waals surface area contributed by atoms with Gasteiger partial charge in [0.1, 0.15) is 0 Å². The van der Waals surface area contributed by atoms with E-state index in [4.69, 9.17) is 0 Å². The Bertz CT molecular complexity index is 950. The van der Waals surface area contributed by atoms with Crippen LogP contribution >= 0.6 is 7.92 Å². The third-order valence-corrected chi connectivity index (χ3v) is 8.20. The van der Waals surface area contributed by atoms with Crippen molar-refractivity contribution in [3.63, 3.8) is 0 Å². The van der Waals surface area contributed by atoms with Crippen LogP contribution in [0.1, 0.15) is 29.4 Å². The van der Waals surface area contributed by atoms with Gasteiger partial charge >= 0.3 is 26.2 Å². The Morgan fingerprint density at radius 1 is 1.00 bits per heavy atom. The third kappa shape index (κ3) is 3.75. The molecular weight excluding hydrogens is 471 g/mol.